The number of fused-ring (bicyclic) bond motifs is 1. The Morgan fingerprint density at radius 1 is 1.05 bits per heavy atom. The van der Waals surface area contributed by atoms with E-state index in [9.17, 15) is 15.0 Å². The Kier molecular flexibility index (Phi) is 2.83. The summed E-state index contributed by atoms with van der Waals surface area (Å²) in [6.45, 7) is 1.83. The van der Waals surface area contributed by atoms with Crippen LogP contribution in [0.5, 0.6) is 11.5 Å². The fraction of sp³-hybridized carbons (Fsp3) is 0.118. The predicted octanol–water partition coefficient (Wildman–Crippen LogP) is 3.15. The molecule has 3 rings (SSSR count). The monoisotopic (exact) mass is 266 g/mol. The average molecular weight is 266 g/mol. The molecule has 0 radical (unpaired) electrons. The fourth-order valence-electron chi connectivity index (χ4n) is 2.82. The first-order valence-corrected chi connectivity index (χ1v) is 6.42. The number of carbonyl (C=O) groups excluding carboxylic acids is 1. The van der Waals surface area contributed by atoms with Crippen molar-refractivity contribution in [1.82, 2.24) is 0 Å². The molecule has 0 saturated carbocycles. The van der Waals surface area contributed by atoms with Gasteiger partial charge in [0.1, 0.15) is 11.5 Å². The Morgan fingerprint density at radius 2 is 1.75 bits per heavy atom. The third-order valence-electron chi connectivity index (χ3n) is 3.63. The van der Waals surface area contributed by atoms with E-state index in [0.29, 0.717) is 16.7 Å². The highest BCUT2D eigenvalue weighted by molar-refractivity contribution is 6.30. The van der Waals surface area contributed by atoms with Crippen molar-refractivity contribution in [3.63, 3.8) is 0 Å². The number of aromatic hydroxyl groups is 2. The minimum Gasteiger partial charge on any atom is -0.508 e. The molecule has 0 unspecified atom stereocenters. The zero-order chi connectivity index (χ0) is 14.3. The molecular formula is C17H14O3. The lowest BCUT2D eigenvalue weighted by atomic mass is 9.82. The Morgan fingerprint density at radius 3 is 2.45 bits per heavy atom. The van der Waals surface area contributed by atoms with Crippen molar-refractivity contribution >= 4 is 16.9 Å². The zero-order valence-electron chi connectivity index (χ0n) is 11.1. The largest absolute Gasteiger partial charge is 0.508 e. The third-order valence-corrected chi connectivity index (χ3v) is 3.63. The van der Waals surface area contributed by atoms with Crippen LogP contribution in [0.3, 0.4) is 0 Å². The second-order valence-corrected chi connectivity index (χ2v) is 4.96. The number of Topliss-reactive ketones (excluding diaryl/α,β-unsaturated/α-hetero) is 1. The van der Waals surface area contributed by atoms with Crippen LogP contribution < -0.4 is 0 Å². The highest BCUT2D eigenvalue weighted by Gasteiger charge is 2.26. The van der Waals surface area contributed by atoms with Crippen molar-refractivity contribution in [3.8, 4) is 11.5 Å². The van der Waals surface area contributed by atoms with E-state index in [0.717, 1.165) is 11.1 Å². The molecule has 0 atom stereocenters. The molecule has 0 aromatic heterocycles. The summed E-state index contributed by atoms with van der Waals surface area (Å²) in [5.41, 5.74) is 3.57. The molecule has 0 saturated heterocycles. The van der Waals surface area contributed by atoms with E-state index < -0.39 is 0 Å². The minimum atomic E-state index is -0.0231. The number of hydrogen-bond donors (Lipinski definition) is 2. The predicted molar refractivity (Wildman–Crippen MR) is 77.4 cm³/mol. The van der Waals surface area contributed by atoms with Gasteiger partial charge in [-0.15, -0.1) is 0 Å². The van der Waals surface area contributed by atoms with Gasteiger partial charge in [-0.05, 0) is 29.7 Å². The van der Waals surface area contributed by atoms with E-state index >= 15 is 0 Å². The van der Waals surface area contributed by atoms with E-state index in [-0.39, 0.29) is 23.7 Å². The zero-order valence-corrected chi connectivity index (χ0v) is 11.1. The number of phenolic OH excluding ortho intramolecular Hbond substituents is 2. The van der Waals surface area contributed by atoms with Gasteiger partial charge in [0.05, 0.1) is 0 Å². The van der Waals surface area contributed by atoms with Crippen LogP contribution in [0.1, 0.15) is 23.6 Å². The van der Waals surface area contributed by atoms with Crippen LogP contribution in [-0.2, 0) is 11.2 Å². The highest BCUT2D eigenvalue weighted by Crippen LogP contribution is 2.40. The van der Waals surface area contributed by atoms with Gasteiger partial charge >= 0.3 is 0 Å². The number of allylic oxidation sites excluding steroid dienone is 2. The maximum atomic E-state index is 12.4. The van der Waals surface area contributed by atoms with Crippen LogP contribution in [-0.4, -0.2) is 16.0 Å². The maximum absolute atomic E-state index is 12.4. The fourth-order valence-corrected chi connectivity index (χ4v) is 2.82. The first kappa shape index (κ1) is 12.5. The molecule has 2 aromatic rings. The Hall–Kier alpha value is -2.55. The van der Waals surface area contributed by atoms with Crippen LogP contribution in [0.2, 0.25) is 0 Å². The summed E-state index contributed by atoms with van der Waals surface area (Å²) in [7, 11) is 0. The van der Waals surface area contributed by atoms with Gasteiger partial charge in [0.15, 0.2) is 5.78 Å². The summed E-state index contributed by atoms with van der Waals surface area (Å²) in [5, 5.41) is 19.6. The topological polar surface area (TPSA) is 57.5 Å². The number of phenols is 2. The van der Waals surface area contributed by atoms with Crippen molar-refractivity contribution in [2.75, 3.05) is 0 Å². The molecule has 0 bridgehead atoms. The molecule has 3 nitrogen and oxygen atoms in total. The van der Waals surface area contributed by atoms with Crippen LogP contribution in [0.4, 0.5) is 0 Å². The molecular weight excluding hydrogens is 252 g/mol. The molecule has 2 N–H and O–H groups in total. The molecule has 0 aliphatic heterocycles. The van der Waals surface area contributed by atoms with Gasteiger partial charge in [0.25, 0.3) is 0 Å². The molecule has 0 spiro atoms. The molecule has 1 aliphatic rings. The Bertz CT molecular complexity index is 727. The second kappa shape index (κ2) is 4.53. The van der Waals surface area contributed by atoms with Crippen molar-refractivity contribution in [2.24, 2.45) is 0 Å². The van der Waals surface area contributed by atoms with Crippen molar-refractivity contribution < 1.29 is 15.0 Å². The molecule has 20 heavy (non-hydrogen) atoms. The van der Waals surface area contributed by atoms with E-state index in [4.69, 9.17) is 0 Å². The maximum Gasteiger partial charge on any atom is 0.168 e. The summed E-state index contributed by atoms with van der Waals surface area (Å²) in [6.07, 6.45) is 0.193. The number of benzene rings is 2. The van der Waals surface area contributed by atoms with Crippen LogP contribution in [0.15, 0.2) is 42.5 Å². The Labute approximate surface area is 116 Å². The third kappa shape index (κ3) is 1.88. The number of hydrogen-bond acceptors (Lipinski definition) is 3. The van der Waals surface area contributed by atoms with Crippen LogP contribution in [0.25, 0.3) is 11.1 Å². The van der Waals surface area contributed by atoms with Crippen LogP contribution >= 0.6 is 0 Å². The lowest BCUT2D eigenvalue weighted by molar-refractivity contribution is -0.113. The number of ketones is 1. The summed E-state index contributed by atoms with van der Waals surface area (Å²) >= 11 is 0. The summed E-state index contributed by atoms with van der Waals surface area (Å²) < 4.78 is 0. The number of carbonyl (C=O) groups is 1. The average Bonchev–Trinajstić information content (AvgIpc) is 2.38. The second-order valence-electron chi connectivity index (χ2n) is 4.96. The van der Waals surface area contributed by atoms with Crippen molar-refractivity contribution in [1.29, 1.82) is 0 Å². The van der Waals surface area contributed by atoms with E-state index in [1.807, 2.05) is 37.3 Å². The lowest BCUT2D eigenvalue weighted by Gasteiger charge is -2.21. The van der Waals surface area contributed by atoms with Crippen molar-refractivity contribution in [2.45, 2.75) is 13.3 Å². The van der Waals surface area contributed by atoms with Gasteiger partial charge in [0, 0.05) is 23.6 Å². The standard InChI is InChI=1S/C17H14O3/c1-10-16(11-5-3-2-4-6-11)14(19)8-12-7-13(18)9-15(20)17(10)12/h2-7,9,18,20H,8H2,1H3. The minimum absolute atomic E-state index is 0.00574. The molecule has 0 fully saturated rings. The smallest absolute Gasteiger partial charge is 0.168 e. The Balaban J connectivity index is 2.27. The molecule has 2 aromatic carbocycles. The van der Waals surface area contributed by atoms with E-state index in [1.165, 1.54) is 12.1 Å². The molecule has 0 amide bonds. The summed E-state index contributed by atoms with van der Waals surface area (Å²) in [4.78, 5) is 12.4. The van der Waals surface area contributed by atoms with E-state index in [2.05, 4.69) is 0 Å². The van der Waals surface area contributed by atoms with Gasteiger partial charge in [-0.25, -0.2) is 0 Å². The highest BCUT2D eigenvalue weighted by atomic mass is 16.3. The van der Waals surface area contributed by atoms with Gasteiger partial charge in [0.2, 0.25) is 0 Å². The van der Waals surface area contributed by atoms with Crippen molar-refractivity contribution in [3.05, 3.63) is 59.2 Å². The van der Waals surface area contributed by atoms with Gasteiger partial charge in [-0.1, -0.05) is 30.3 Å². The first-order valence-electron chi connectivity index (χ1n) is 6.42. The molecule has 1 aliphatic carbocycles. The van der Waals surface area contributed by atoms with Gasteiger partial charge < -0.3 is 10.2 Å². The summed E-state index contributed by atoms with van der Waals surface area (Å²) in [6, 6.07) is 12.3. The molecule has 100 valence electrons. The quantitative estimate of drug-likeness (QED) is 0.833. The molecule has 3 heteroatoms. The normalized spacial score (nSPS) is 14.3. The number of rotatable bonds is 1. The lowest BCUT2D eigenvalue weighted by Crippen LogP contribution is -2.14. The van der Waals surface area contributed by atoms with Gasteiger partial charge in [-0.3, -0.25) is 4.79 Å². The van der Waals surface area contributed by atoms with E-state index in [1.54, 1.807) is 0 Å². The van der Waals surface area contributed by atoms with Gasteiger partial charge in [-0.2, -0.15) is 0 Å². The summed E-state index contributed by atoms with van der Waals surface area (Å²) in [5.74, 6) is -0.00496. The van der Waals surface area contributed by atoms with Crippen LogP contribution in [0, 0.1) is 0 Å². The SMILES string of the molecule is CC1=C(c2ccccc2)C(=O)Cc2cc(O)cc(O)c21. The first-order chi connectivity index (χ1) is 9.58. The molecule has 0 heterocycles.